The summed E-state index contributed by atoms with van der Waals surface area (Å²) in [4.78, 5) is 13.4. The van der Waals surface area contributed by atoms with Gasteiger partial charge in [-0.05, 0) is 18.9 Å². The van der Waals surface area contributed by atoms with Crippen LogP contribution >= 0.6 is 11.6 Å². The first-order valence-electron chi connectivity index (χ1n) is 6.38. The molecule has 0 aliphatic carbocycles. The lowest BCUT2D eigenvalue weighted by Crippen LogP contribution is -2.42. The number of nitrogens with zero attached hydrogens (tertiary/aromatic N) is 3. The molecule has 6 nitrogen and oxygen atoms in total. The first kappa shape index (κ1) is 13.6. The molecule has 8 heteroatoms. The second kappa shape index (κ2) is 4.89. The van der Waals surface area contributed by atoms with Crippen LogP contribution in [0.1, 0.15) is 12.8 Å². The van der Waals surface area contributed by atoms with Gasteiger partial charge in [0.1, 0.15) is 22.9 Å². The largest absolute Gasteiger partial charge is 0.355 e. The molecule has 108 valence electrons. The molecule has 0 saturated carbocycles. The molecule has 1 fully saturated rings. The molecule has 2 aromatic heterocycles. The Morgan fingerprint density at radius 1 is 1.45 bits per heavy atom. The first-order valence-corrected chi connectivity index (χ1v) is 8.71. The fraction of sp³-hybridized carbons (Fsp3) is 0.500. The summed E-state index contributed by atoms with van der Waals surface area (Å²) in [6.45, 7) is 1.26. The van der Waals surface area contributed by atoms with Crippen LogP contribution in [0.5, 0.6) is 0 Å². The molecule has 3 rings (SSSR count). The van der Waals surface area contributed by atoms with Gasteiger partial charge in [0.2, 0.25) is 0 Å². The van der Waals surface area contributed by atoms with Crippen molar-refractivity contribution in [1.82, 2.24) is 15.0 Å². The zero-order valence-electron chi connectivity index (χ0n) is 11.0. The lowest BCUT2D eigenvalue weighted by atomic mass is 10.1. The highest BCUT2D eigenvalue weighted by Crippen LogP contribution is 2.28. The van der Waals surface area contributed by atoms with E-state index in [1.165, 1.54) is 12.6 Å². The zero-order valence-corrected chi connectivity index (χ0v) is 12.6. The van der Waals surface area contributed by atoms with E-state index in [1.807, 2.05) is 4.90 Å². The van der Waals surface area contributed by atoms with E-state index in [2.05, 4.69) is 15.0 Å². The number of hydrogen-bond acceptors (Lipinski definition) is 5. The fourth-order valence-electron chi connectivity index (χ4n) is 2.63. The van der Waals surface area contributed by atoms with E-state index in [9.17, 15) is 8.42 Å². The van der Waals surface area contributed by atoms with Crippen molar-refractivity contribution in [2.45, 2.75) is 18.1 Å². The third-order valence-corrected chi connectivity index (χ3v) is 5.45. The van der Waals surface area contributed by atoms with Crippen LogP contribution < -0.4 is 4.90 Å². The van der Waals surface area contributed by atoms with Gasteiger partial charge in [-0.1, -0.05) is 11.6 Å². The molecule has 2 aromatic rings. The average molecular weight is 315 g/mol. The average Bonchev–Trinajstić information content (AvgIpc) is 2.77. The number of H-pyrrole nitrogens is 1. The summed E-state index contributed by atoms with van der Waals surface area (Å²) in [5.74, 6) is 0.742. The van der Waals surface area contributed by atoms with Crippen LogP contribution in [0.25, 0.3) is 11.0 Å². The van der Waals surface area contributed by atoms with E-state index in [0.717, 1.165) is 24.2 Å². The number of fused-ring (bicyclic) bond motifs is 1. The minimum Gasteiger partial charge on any atom is -0.355 e. The summed E-state index contributed by atoms with van der Waals surface area (Å²) >= 11 is 5.96. The normalized spacial score (nSPS) is 20.5. The number of anilines is 1. The van der Waals surface area contributed by atoms with Crippen LogP contribution in [0.15, 0.2) is 12.4 Å². The molecule has 1 unspecified atom stereocenters. The molecule has 20 heavy (non-hydrogen) atoms. The van der Waals surface area contributed by atoms with E-state index in [0.29, 0.717) is 23.8 Å². The minimum absolute atomic E-state index is 0.337. The van der Waals surface area contributed by atoms with Gasteiger partial charge >= 0.3 is 0 Å². The van der Waals surface area contributed by atoms with Gasteiger partial charge in [-0.2, -0.15) is 0 Å². The molecule has 0 bridgehead atoms. The Labute approximate surface area is 122 Å². The third kappa shape index (κ3) is 2.47. The molecule has 0 aromatic carbocycles. The summed E-state index contributed by atoms with van der Waals surface area (Å²) < 4.78 is 23.5. The van der Waals surface area contributed by atoms with Crippen molar-refractivity contribution < 1.29 is 8.42 Å². The summed E-state index contributed by atoms with van der Waals surface area (Å²) in [5.41, 5.74) is 0.668. The monoisotopic (exact) mass is 314 g/mol. The number of piperidine rings is 1. The number of sulfone groups is 1. The Morgan fingerprint density at radius 2 is 2.25 bits per heavy atom. The Morgan fingerprint density at radius 3 is 3.00 bits per heavy atom. The third-order valence-electron chi connectivity index (χ3n) is 3.65. The van der Waals surface area contributed by atoms with Gasteiger partial charge in [0, 0.05) is 19.3 Å². The summed E-state index contributed by atoms with van der Waals surface area (Å²) in [6.07, 6.45) is 4.30. The molecule has 1 saturated heterocycles. The van der Waals surface area contributed by atoms with Crippen LogP contribution in [0, 0.1) is 0 Å². The first-order chi connectivity index (χ1) is 9.45. The molecule has 3 heterocycles. The molecule has 1 aliphatic heterocycles. The zero-order chi connectivity index (χ0) is 14.3. The summed E-state index contributed by atoms with van der Waals surface area (Å²) in [6, 6.07) is 1.77. The van der Waals surface area contributed by atoms with Gasteiger partial charge in [0.15, 0.2) is 9.84 Å². The Bertz CT molecular complexity index is 743. The van der Waals surface area contributed by atoms with Crippen LogP contribution in [-0.2, 0) is 9.84 Å². The van der Waals surface area contributed by atoms with Gasteiger partial charge in [-0.15, -0.1) is 0 Å². The van der Waals surface area contributed by atoms with Gasteiger partial charge in [-0.3, -0.25) is 0 Å². The molecule has 1 N–H and O–H groups in total. The number of nitrogens with one attached hydrogen (secondary N) is 1. The fourth-order valence-corrected chi connectivity index (χ4v) is 3.87. The van der Waals surface area contributed by atoms with Crippen molar-refractivity contribution in [2.75, 3.05) is 24.2 Å². The van der Waals surface area contributed by atoms with Gasteiger partial charge in [0.25, 0.3) is 0 Å². The topological polar surface area (TPSA) is 79.0 Å². The second-order valence-corrected chi connectivity index (χ2v) is 7.85. The highest BCUT2D eigenvalue weighted by molar-refractivity contribution is 7.91. The smallest absolute Gasteiger partial charge is 0.152 e. The van der Waals surface area contributed by atoms with Crippen molar-refractivity contribution in [1.29, 1.82) is 0 Å². The molecular formula is C12H15ClN4O2S. The second-order valence-electron chi connectivity index (χ2n) is 5.12. The van der Waals surface area contributed by atoms with E-state index >= 15 is 0 Å². The van der Waals surface area contributed by atoms with Crippen molar-refractivity contribution in [3.63, 3.8) is 0 Å². The Kier molecular flexibility index (Phi) is 3.33. The van der Waals surface area contributed by atoms with Crippen molar-refractivity contribution >= 4 is 38.3 Å². The predicted octanol–water partition coefficient (Wildman–Crippen LogP) is 1.62. The van der Waals surface area contributed by atoms with E-state index in [-0.39, 0.29) is 5.25 Å². The molecular weight excluding hydrogens is 300 g/mol. The minimum atomic E-state index is -3.03. The lowest BCUT2D eigenvalue weighted by molar-refractivity contribution is 0.534. The number of rotatable bonds is 2. The molecule has 1 atom stereocenters. The maximum absolute atomic E-state index is 11.7. The molecule has 0 radical (unpaired) electrons. The quantitative estimate of drug-likeness (QED) is 0.911. The van der Waals surface area contributed by atoms with Gasteiger partial charge in [0.05, 0.1) is 10.6 Å². The molecule has 0 amide bonds. The van der Waals surface area contributed by atoms with Crippen molar-refractivity contribution in [2.24, 2.45) is 0 Å². The van der Waals surface area contributed by atoms with E-state index < -0.39 is 9.84 Å². The van der Waals surface area contributed by atoms with Gasteiger partial charge < -0.3 is 9.88 Å². The standard InChI is InChI=1S/C12H15ClN4O2S/c1-20(18,19)8-3-2-4-17(6-8)12-9-5-10(13)16-11(9)14-7-15-12/h5,7-8H,2-4,6H2,1H3,(H,14,15,16). The molecule has 1 aliphatic rings. The lowest BCUT2D eigenvalue weighted by Gasteiger charge is -2.32. The number of halogens is 1. The highest BCUT2D eigenvalue weighted by atomic mass is 35.5. The van der Waals surface area contributed by atoms with Gasteiger partial charge in [-0.25, -0.2) is 18.4 Å². The van der Waals surface area contributed by atoms with E-state index in [1.54, 1.807) is 6.07 Å². The Hall–Kier alpha value is -1.34. The predicted molar refractivity (Wildman–Crippen MR) is 79.0 cm³/mol. The van der Waals surface area contributed by atoms with Crippen molar-refractivity contribution in [3.8, 4) is 0 Å². The van der Waals surface area contributed by atoms with Crippen LogP contribution in [-0.4, -0.2) is 48.0 Å². The SMILES string of the molecule is CS(=O)(=O)C1CCCN(c2ncnc3[nH]c(Cl)cc23)C1. The number of aromatic nitrogens is 3. The summed E-state index contributed by atoms with van der Waals surface area (Å²) in [7, 11) is -3.03. The highest BCUT2D eigenvalue weighted by Gasteiger charge is 2.29. The van der Waals surface area contributed by atoms with Crippen LogP contribution in [0.3, 0.4) is 0 Å². The maximum Gasteiger partial charge on any atom is 0.152 e. The molecule has 0 spiro atoms. The van der Waals surface area contributed by atoms with Crippen molar-refractivity contribution in [3.05, 3.63) is 17.5 Å². The number of aromatic amines is 1. The van der Waals surface area contributed by atoms with Crippen LogP contribution in [0.4, 0.5) is 5.82 Å². The summed E-state index contributed by atoms with van der Waals surface area (Å²) in [5, 5.41) is 0.987. The maximum atomic E-state index is 11.7. The van der Waals surface area contributed by atoms with E-state index in [4.69, 9.17) is 11.6 Å². The number of hydrogen-bond donors (Lipinski definition) is 1. The van der Waals surface area contributed by atoms with Crippen LogP contribution in [0.2, 0.25) is 5.15 Å². The Balaban J connectivity index is 1.98.